The Hall–Kier alpha value is -2.29. The van der Waals surface area contributed by atoms with Gasteiger partial charge in [0.15, 0.2) is 12.4 Å². The van der Waals surface area contributed by atoms with Crippen LogP contribution in [0.5, 0.6) is 5.75 Å². The van der Waals surface area contributed by atoms with Gasteiger partial charge in [0.1, 0.15) is 6.54 Å². The van der Waals surface area contributed by atoms with Crippen LogP contribution in [0.3, 0.4) is 0 Å². The summed E-state index contributed by atoms with van der Waals surface area (Å²) in [5.41, 5.74) is -0.390. The molecule has 6 heteroatoms. The molecule has 0 radical (unpaired) electrons. The molecule has 1 aliphatic rings. The fourth-order valence-electron chi connectivity index (χ4n) is 2.02. The standard InChI is InChI=1S/C13H15N3O3/c14-5-9-16-8-3-4-11(13(16)18)19-10-12(17)15-6-1-2-7-15/h3-4,8H,1-2,6-7,9-10H2. The van der Waals surface area contributed by atoms with Crippen molar-refractivity contribution >= 4 is 5.91 Å². The van der Waals surface area contributed by atoms with E-state index < -0.39 is 5.56 Å². The van der Waals surface area contributed by atoms with E-state index in [0.717, 1.165) is 25.9 Å². The number of pyridine rings is 1. The van der Waals surface area contributed by atoms with Gasteiger partial charge in [0.2, 0.25) is 0 Å². The highest BCUT2D eigenvalue weighted by Gasteiger charge is 2.18. The third-order valence-corrected chi connectivity index (χ3v) is 3.04. The van der Waals surface area contributed by atoms with Gasteiger partial charge in [-0.15, -0.1) is 0 Å². The number of amides is 1. The fourth-order valence-corrected chi connectivity index (χ4v) is 2.02. The molecule has 1 aromatic rings. The van der Waals surface area contributed by atoms with Crippen molar-refractivity contribution in [2.45, 2.75) is 19.4 Å². The van der Waals surface area contributed by atoms with Crippen LogP contribution in [-0.2, 0) is 11.3 Å². The van der Waals surface area contributed by atoms with E-state index in [1.807, 2.05) is 6.07 Å². The quantitative estimate of drug-likeness (QED) is 0.785. The predicted octanol–water partition coefficient (Wildman–Crippen LogP) is 0.373. The summed E-state index contributed by atoms with van der Waals surface area (Å²) < 4.78 is 6.51. The van der Waals surface area contributed by atoms with Gasteiger partial charge in [-0.05, 0) is 25.0 Å². The molecule has 2 heterocycles. The lowest BCUT2D eigenvalue weighted by Crippen LogP contribution is -2.33. The van der Waals surface area contributed by atoms with E-state index in [1.54, 1.807) is 11.0 Å². The van der Waals surface area contributed by atoms with E-state index in [2.05, 4.69) is 0 Å². The van der Waals surface area contributed by atoms with Crippen molar-refractivity contribution in [3.63, 3.8) is 0 Å². The number of carbonyl (C=O) groups excluding carboxylic acids is 1. The maximum absolute atomic E-state index is 11.9. The molecular formula is C13H15N3O3. The summed E-state index contributed by atoms with van der Waals surface area (Å²) in [5.74, 6) is -0.00196. The molecule has 1 aromatic heterocycles. The number of carbonyl (C=O) groups is 1. The highest BCUT2D eigenvalue weighted by atomic mass is 16.5. The Bertz CT molecular complexity index is 553. The monoisotopic (exact) mass is 261 g/mol. The van der Waals surface area contributed by atoms with Gasteiger partial charge in [-0.3, -0.25) is 14.2 Å². The van der Waals surface area contributed by atoms with Crippen LogP contribution in [0.15, 0.2) is 23.1 Å². The minimum absolute atomic E-state index is 0.0316. The van der Waals surface area contributed by atoms with E-state index in [-0.39, 0.29) is 24.8 Å². The zero-order valence-corrected chi connectivity index (χ0v) is 10.5. The van der Waals surface area contributed by atoms with Gasteiger partial charge in [-0.25, -0.2) is 0 Å². The van der Waals surface area contributed by atoms with Crippen LogP contribution in [-0.4, -0.2) is 35.1 Å². The minimum Gasteiger partial charge on any atom is -0.478 e. The first kappa shape index (κ1) is 13.1. The minimum atomic E-state index is -0.390. The van der Waals surface area contributed by atoms with Gasteiger partial charge in [-0.1, -0.05) is 0 Å². The molecule has 1 amide bonds. The normalized spacial score (nSPS) is 14.2. The molecule has 19 heavy (non-hydrogen) atoms. The Morgan fingerprint density at radius 1 is 1.42 bits per heavy atom. The van der Waals surface area contributed by atoms with Gasteiger partial charge in [0, 0.05) is 19.3 Å². The SMILES string of the molecule is N#CCn1cccc(OCC(=O)N2CCCC2)c1=O. The number of ether oxygens (including phenoxy) is 1. The first-order valence-electron chi connectivity index (χ1n) is 6.19. The molecule has 0 aliphatic carbocycles. The molecule has 1 aliphatic heterocycles. The molecule has 1 fully saturated rings. The lowest BCUT2D eigenvalue weighted by atomic mass is 10.4. The summed E-state index contributed by atoms with van der Waals surface area (Å²) in [6, 6.07) is 5.02. The Morgan fingerprint density at radius 3 is 2.84 bits per heavy atom. The number of hydrogen-bond acceptors (Lipinski definition) is 4. The van der Waals surface area contributed by atoms with Crippen molar-refractivity contribution in [1.82, 2.24) is 9.47 Å². The second-order valence-corrected chi connectivity index (χ2v) is 4.34. The summed E-state index contributed by atoms with van der Waals surface area (Å²) in [6.45, 7) is 1.35. The summed E-state index contributed by atoms with van der Waals surface area (Å²) >= 11 is 0. The molecule has 2 rings (SSSR count). The van der Waals surface area contributed by atoms with Crippen molar-refractivity contribution in [2.24, 2.45) is 0 Å². The van der Waals surface area contributed by atoms with E-state index in [0.29, 0.717) is 0 Å². The van der Waals surface area contributed by atoms with E-state index in [1.165, 1.54) is 16.8 Å². The molecule has 0 aromatic carbocycles. The largest absolute Gasteiger partial charge is 0.478 e. The molecule has 100 valence electrons. The average Bonchev–Trinajstić information content (AvgIpc) is 2.94. The lowest BCUT2D eigenvalue weighted by Gasteiger charge is -2.15. The Morgan fingerprint density at radius 2 is 2.16 bits per heavy atom. The third-order valence-electron chi connectivity index (χ3n) is 3.04. The molecule has 0 N–H and O–H groups in total. The lowest BCUT2D eigenvalue weighted by molar-refractivity contribution is -0.132. The van der Waals surface area contributed by atoms with Crippen LogP contribution >= 0.6 is 0 Å². The third kappa shape index (κ3) is 3.13. The molecule has 0 unspecified atom stereocenters. The predicted molar refractivity (Wildman–Crippen MR) is 67.6 cm³/mol. The molecule has 1 saturated heterocycles. The highest BCUT2D eigenvalue weighted by Crippen LogP contribution is 2.08. The summed E-state index contributed by atoms with van der Waals surface area (Å²) in [5, 5.41) is 8.59. The van der Waals surface area contributed by atoms with Crippen LogP contribution in [0.1, 0.15) is 12.8 Å². The first-order valence-corrected chi connectivity index (χ1v) is 6.19. The second-order valence-electron chi connectivity index (χ2n) is 4.34. The van der Waals surface area contributed by atoms with E-state index in [9.17, 15) is 9.59 Å². The van der Waals surface area contributed by atoms with Gasteiger partial charge in [0.25, 0.3) is 11.5 Å². The molecule has 0 saturated carbocycles. The number of nitrogens with zero attached hydrogens (tertiary/aromatic N) is 3. The van der Waals surface area contributed by atoms with Crippen LogP contribution in [0.25, 0.3) is 0 Å². The summed E-state index contributed by atoms with van der Waals surface area (Å²) in [7, 11) is 0. The maximum Gasteiger partial charge on any atom is 0.293 e. The first-order chi connectivity index (χ1) is 9.22. The van der Waals surface area contributed by atoms with Gasteiger partial charge < -0.3 is 9.64 Å². The smallest absolute Gasteiger partial charge is 0.293 e. The summed E-state index contributed by atoms with van der Waals surface area (Å²) in [6.07, 6.45) is 3.55. The van der Waals surface area contributed by atoms with Crippen molar-refractivity contribution < 1.29 is 9.53 Å². The fraction of sp³-hybridized carbons (Fsp3) is 0.462. The Kier molecular flexibility index (Phi) is 4.18. The van der Waals surface area contributed by atoms with Crippen molar-refractivity contribution in [3.8, 4) is 11.8 Å². The zero-order chi connectivity index (χ0) is 13.7. The average molecular weight is 261 g/mol. The zero-order valence-electron chi connectivity index (χ0n) is 10.5. The van der Waals surface area contributed by atoms with Gasteiger partial charge in [-0.2, -0.15) is 5.26 Å². The molecular weight excluding hydrogens is 246 g/mol. The number of rotatable bonds is 4. The Labute approximate surface area is 110 Å². The Balaban J connectivity index is 1.99. The molecule has 0 spiro atoms. The van der Waals surface area contributed by atoms with Crippen LogP contribution in [0, 0.1) is 11.3 Å². The van der Waals surface area contributed by atoms with Gasteiger partial charge in [0.05, 0.1) is 6.07 Å². The molecule has 0 atom stereocenters. The van der Waals surface area contributed by atoms with Crippen molar-refractivity contribution in [2.75, 3.05) is 19.7 Å². The van der Waals surface area contributed by atoms with Crippen LogP contribution < -0.4 is 10.3 Å². The second kappa shape index (κ2) is 6.05. The number of aromatic nitrogens is 1. The van der Waals surface area contributed by atoms with Crippen molar-refractivity contribution in [1.29, 1.82) is 5.26 Å². The van der Waals surface area contributed by atoms with Gasteiger partial charge >= 0.3 is 0 Å². The van der Waals surface area contributed by atoms with Crippen molar-refractivity contribution in [3.05, 3.63) is 28.7 Å². The number of hydrogen-bond donors (Lipinski definition) is 0. The van der Waals surface area contributed by atoms with E-state index >= 15 is 0 Å². The van der Waals surface area contributed by atoms with Crippen LogP contribution in [0.4, 0.5) is 0 Å². The molecule has 6 nitrogen and oxygen atoms in total. The number of nitriles is 1. The molecule has 0 bridgehead atoms. The highest BCUT2D eigenvalue weighted by molar-refractivity contribution is 5.77. The van der Waals surface area contributed by atoms with E-state index in [4.69, 9.17) is 10.00 Å². The van der Waals surface area contributed by atoms with Crippen LogP contribution in [0.2, 0.25) is 0 Å². The topological polar surface area (TPSA) is 75.3 Å². The number of likely N-dealkylation sites (tertiary alicyclic amines) is 1. The summed E-state index contributed by atoms with van der Waals surface area (Å²) in [4.78, 5) is 25.4. The maximum atomic E-state index is 11.9.